The molecule has 2 aromatic heterocycles. The summed E-state index contributed by atoms with van der Waals surface area (Å²) in [6, 6.07) is 16.8. The van der Waals surface area contributed by atoms with E-state index < -0.39 is 0 Å². The van der Waals surface area contributed by atoms with Gasteiger partial charge in [-0.15, -0.1) is 0 Å². The molecule has 24 heavy (non-hydrogen) atoms. The second-order valence-electron chi connectivity index (χ2n) is 6.07. The molecule has 0 spiro atoms. The first-order valence-electron chi connectivity index (χ1n) is 7.94. The lowest BCUT2D eigenvalue weighted by Gasteiger charge is -2.09. The predicted molar refractivity (Wildman–Crippen MR) is 97.7 cm³/mol. The number of fused-ring (bicyclic) bond motifs is 1. The van der Waals surface area contributed by atoms with E-state index in [1.54, 1.807) is 12.5 Å². The van der Waals surface area contributed by atoms with Crippen molar-refractivity contribution in [3.8, 4) is 22.4 Å². The van der Waals surface area contributed by atoms with Crippen molar-refractivity contribution in [2.45, 2.75) is 13.8 Å². The van der Waals surface area contributed by atoms with Crippen molar-refractivity contribution in [2.75, 3.05) is 0 Å². The van der Waals surface area contributed by atoms with Gasteiger partial charge in [0.15, 0.2) is 0 Å². The third-order valence-electron chi connectivity index (χ3n) is 4.13. The number of benzene rings is 2. The second kappa shape index (κ2) is 5.85. The molecule has 0 amide bonds. The predicted octanol–water partition coefficient (Wildman–Crippen LogP) is 4.98. The van der Waals surface area contributed by atoms with Crippen molar-refractivity contribution in [3.63, 3.8) is 0 Å². The van der Waals surface area contributed by atoms with Crippen LogP contribution in [0.5, 0.6) is 0 Å². The molecule has 2 heterocycles. The Kier molecular flexibility index (Phi) is 3.54. The van der Waals surface area contributed by atoms with Gasteiger partial charge in [0.1, 0.15) is 6.33 Å². The number of pyridine rings is 1. The summed E-state index contributed by atoms with van der Waals surface area (Å²) in [6.45, 7) is 4.22. The van der Waals surface area contributed by atoms with Crippen molar-refractivity contribution in [3.05, 3.63) is 78.4 Å². The van der Waals surface area contributed by atoms with E-state index in [-0.39, 0.29) is 0 Å². The van der Waals surface area contributed by atoms with Crippen LogP contribution in [0.2, 0.25) is 0 Å². The number of nitrogens with zero attached hydrogens (tertiary/aromatic N) is 3. The number of aromatic nitrogens is 3. The monoisotopic (exact) mass is 311 g/mol. The molecule has 0 aliphatic rings. The molecule has 0 saturated heterocycles. The molecule has 3 heteroatoms. The standard InChI is InChI=1S/C21H17N3/c1-14-8-15(2)10-18(9-14)21-19-6-5-16(11-20(19)23-13-24-21)17-4-3-7-22-12-17/h3-13H,1-2H3. The quantitative estimate of drug-likeness (QED) is 0.524. The van der Waals surface area contributed by atoms with Crippen LogP contribution < -0.4 is 0 Å². The van der Waals surface area contributed by atoms with Gasteiger partial charge in [-0.1, -0.05) is 29.3 Å². The number of aryl methyl sites for hydroxylation is 2. The van der Waals surface area contributed by atoms with Gasteiger partial charge in [0.25, 0.3) is 0 Å². The van der Waals surface area contributed by atoms with Gasteiger partial charge in [-0.05, 0) is 49.7 Å². The first-order valence-corrected chi connectivity index (χ1v) is 7.94. The maximum absolute atomic E-state index is 4.54. The molecule has 4 aromatic rings. The van der Waals surface area contributed by atoms with Crippen LogP contribution in [-0.4, -0.2) is 15.0 Å². The van der Waals surface area contributed by atoms with Gasteiger partial charge in [-0.3, -0.25) is 4.98 Å². The Hall–Kier alpha value is -3.07. The van der Waals surface area contributed by atoms with Crippen molar-refractivity contribution >= 4 is 10.9 Å². The molecule has 0 aliphatic carbocycles. The topological polar surface area (TPSA) is 38.7 Å². The molecule has 4 rings (SSSR count). The van der Waals surface area contributed by atoms with Gasteiger partial charge in [0.2, 0.25) is 0 Å². The molecule has 0 fully saturated rings. The highest BCUT2D eigenvalue weighted by atomic mass is 14.8. The summed E-state index contributed by atoms with van der Waals surface area (Å²) < 4.78 is 0. The molecule has 0 bridgehead atoms. The SMILES string of the molecule is Cc1cc(C)cc(-c2ncnc3cc(-c4cccnc4)ccc23)c1. The van der Waals surface area contributed by atoms with E-state index in [1.807, 2.05) is 12.3 Å². The van der Waals surface area contributed by atoms with Gasteiger partial charge in [0.05, 0.1) is 11.2 Å². The lowest BCUT2D eigenvalue weighted by Crippen LogP contribution is -1.91. The summed E-state index contributed by atoms with van der Waals surface area (Å²) in [6.07, 6.45) is 5.29. The Morgan fingerprint density at radius 1 is 0.750 bits per heavy atom. The minimum atomic E-state index is 0.945. The minimum Gasteiger partial charge on any atom is -0.264 e. The van der Waals surface area contributed by atoms with Crippen LogP contribution in [-0.2, 0) is 0 Å². The normalized spacial score (nSPS) is 10.9. The summed E-state index contributed by atoms with van der Waals surface area (Å²) in [7, 11) is 0. The Balaban J connectivity index is 1.90. The molecule has 0 unspecified atom stereocenters. The number of hydrogen-bond acceptors (Lipinski definition) is 3. The van der Waals surface area contributed by atoms with E-state index in [0.717, 1.165) is 33.3 Å². The average molecular weight is 311 g/mol. The van der Waals surface area contributed by atoms with Gasteiger partial charge in [-0.25, -0.2) is 9.97 Å². The number of hydrogen-bond donors (Lipinski definition) is 0. The molecule has 3 nitrogen and oxygen atoms in total. The fraction of sp³-hybridized carbons (Fsp3) is 0.0952. The lowest BCUT2D eigenvalue weighted by molar-refractivity contribution is 1.22. The highest BCUT2D eigenvalue weighted by Crippen LogP contribution is 2.29. The maximum atomic E-state index is 4.54. The molecule has 116 valence electrons. The molecular formula is C21H17N3. The van der Waals surface area contributed by atoms with E-state index in [0.29, 0.717) is 0 Å². The molecule has 0 radical (unpaired) electrons. The smallest absolute Gasteiger partial charge is 0.116 e. The zero-order chi connectivity index (χ0) is 16.5. The molecule has 0 aliphatic heterocycles. The van der Waals surface area contributed by atoms with Crippen LogP contribution in [0.1, 0.15) is 11.1 Å². The van der Waals surface area contributed by atoms with Crippen LogP contribution in [0, 0.1) is 13.8 Å². The minimum absolute atomic E-state index is 0.945. The van der Waals surface area contributed by atoms with Crippen LogP contribution in [0.15, 0.2) is 67.3 Å². The summed E-state index contributed by atoms with van der Waals surface area (Å²) in [5, 5.41) is 1.06. The summed E-state index contributed by atoms with van der Waals surface area (Å²) in [5.41, 5.74) is 7.73. The maximum Gasteiger partial charge on any atom is 0.116 e. The van der Waals surface area contributed by atoms with E-state index in [9.17, 15) is 0 Å². The largest absolute Gasteiger partial charge is 0.264 e. The van der Waals surface area contributed by atoms with Gasteiger partial charge < -0.3 is 0 Å². The van der Waals surface area contributed by atoms with Crippen LogP contribution in [0.25, 0.3) is 33.3 Å². The first-order chi connectivity index (χ1) is 11.7. The van der Waals surface area contributed by atoms with Crippen molar-refractivity contribution in [1.82, 2.24) is 15.0 Å². The number of rotatable bonds is 2. The first kappa shape index (κ1) is 14.5. The average Bonchev–Trinajstić information content (AvgIpc) is 2.60. The van der Waals surface area contributed by atoms with E-state index in [2.05, 4.69) is 71.3 Å². The van der Waals surface area contributed by atoms with Crippen molar-refractivity contribution in [1.29, 1.82) is 0 Å². The zero-order valence-electron chi connectivity index (χ0n) is 13.7. The third kappa shape index (κ3) is 2.65. The third-order valence-corrected chi connectivity index (χ3v) is 4.13. The zero-order valence-corrected chi connectivity index (χ0v) is 13.7. The molecule has 2 aromatic carbocycles. The van der Waals surface area contributed by atoms with Gasteiger partial charge in [0, 0.05) is 28.9 Å². The van der Waals surface area contributed by atoms with Crippen molar-refractivity contribution < 1.29 is 0 Å². The lowest BCUT2D eigenvalue weighted by atomic mass is 10.00. The summed E-state index contributed by atoms with van der Waals surface area (Å²) in [4.78, 5) is 13.2. The summed E-state index contributed by atoms with van der Waals surface area (Å²) in [5.74, 6) is 0. The Morgan fingerprint density at radius 3 is 2.33 bits per heavy atom. The summed E-state index contributed by atoms with van der Waals surface area (Å²) >= 11 is 0. The van der Waals surface area contributed by atoms with E-state index >= 15 is 0 Å². The van der Waals surface area contributed by atoms with Crippen LogP contribution in [0.4, 0.5) is 0 Å². The van der Waals surface area contributed by atoms with Gasteiger partial charge >= 0.3 is 0 Å². The second-order valence-corrected chi connectivity index (χ2v) is 6.07. The highest BCUT2D eigenvalue weighted by molar-refractivity contribution is 5.94. The van der Waals surface area contributed by atoms with Crippen LogP contribution >= 0.6 is 0 Å². The Bertz CT molecular complexity index is 1000. The van der Waals surface area contributed by atoms with Crippen molar-refractivity contribution in [2.24, 2.45) is 0 Å². The molecule has 0 atom stereocenters. The molecular weight excluding hydrogens is 294 g/mol. The Labute approximate surface area is 141 Å². The molecule has 0 saturated carbocycles. The van der Waals surface area contributed by atoms with E-state index in [4.69, 9.17) is 0 Å². The Morgan fingerprint density at radius 2 is 1.58 bits per heavy atom. The molecule has 0 N–H and O–H groups in total. The fourth-order valence-corrected chi connectivity index (χ4v) is 3.11. The van der Waals surface area contributed by atoms with Crippen LogP contribution in [0.3, 0.4) is 0 Å². The van der Waals surface area contributed by atoms with Gasteiger partial charge in [-0.2, -0.15) is 0 Å². The van der Waals surface area contributed by atoms with E-state index in [1.165, 1.54) is 11.1 Å². The fourth-order valence-electron chi connectivity index (χ4n) is 3.11. The highest BCUT2D eigenvalue weighted by Gasteiger charge is 2.09.